The summed E-state index contributed by atoms with van der Waals surface area (Å²) in [5, 5.41) is 0. The largest absolute Gasteiger partial charge is 0.341 e. The van der Waals surface area contributed by atoms with E-state index >= 15 is 0 Å². The van der Waals surface area contributed by atoms with Crippen LogP contribution >= 0.6 is 0 Å². The molecular formula is C13H19NO3S. The second kappa shape index (κ2) is 5.52. The highest BCUT2D eigenvalue weighted by Gasteiger charge is 2.15. The van der Waals surface area contributed by atoms with Crippen molar-refractivity contribution in [2.75, 3.05) is 19.8 Å². The van der Waals surface area contributed by atoms with E-state index in [1.807, 2.05) is 13.8 Å². The van der Waals surface area contributed by atoms with Crippen molar-refractivity contribution in [1.82, 2.24) is 4.90 Å². The maximum absolute atomic E-state index is 12.1. The van der Waals surface area contributed by atoms with E-state index in [-0.39, 0.29) is 10.8 Å². The summed E-state index contributed by atoms with van der Waals surface area (Å²) in [6, 6.07) is 6.14. The van der Waals surface area contributed by atoms with Gasteiger partial charge in [0, 0.05) is 25.4 Å². The minimum absolute atomic E-state index is 0.158. The maximum atomic E-state index is 12.1. The third kappa shape index (κ3) is 3.84. The van der Waals surface area contributed by atoms with Crippen LogP contribution in [0.2, 0.25) is 0 Å². The number of carbonyl (C=O) groups is 1. The molecule has 0 radical (unpaired) electrons. The Bertz CT molecular complexity index is 535. The minimum Gasteiger partial charge on any atom is -0.341 e. The number of sulfone groups is 1. The molecule has 100 valence electrons. The van der Waals surface area contributed by atoms with E-state index in [1.54, 1.807) is 24.1 Å². The van der Waals surface area contributed by atoms with Crippen molar-refractivity contribution in [1.29, 1.82) is 0 Å². The highest BCUT2D eigenvalue weighted by molar-refractivity contribution is 7.90. The average molecular weight is 269 g/mol. The molecule has 1 amide bonds. The van der Waals surface area contributed by atoms with E-state index < -0.39 is 9.84 Å². The molecule has 0 aliphatic heterocycles. The molecule has 1 rings (SSSR count). The number of benzene rings is 1. The van der Waals surface area contributed by atoms with Crippen LogP contribution in [0, 0.1) is 5.92 Å². The first-order valence-electron chi connectivity index (χ1n) is 5.77. The molecule has 1 aromatic carbocycles. The van der Waals surface area contributed by atoms with Gasteiger partial charge in [-0.1, -0.05) is 19.9 Å². The molecule has 0 saturated heterocycles. The summed E-state index contributed by atoms with van der Waals surface area (Å²) in [7, 11) is -1.56. The van der Waals surface area contributed by atoms with Crippen molar-refractivity contribution in [3.63, 3.8) is 0 Å². The first-order chi connectivity index (χ1) is 8.21. The summed E-state index contributed by atoms with van der Waals surface area (Å²) in [5.41, 5.74) is 0.404. The zero-order valence-corrected chi connectivity index (χ0v) is 12.0. The highest BCUT2D eigenvalue weighted by atomic mass is 32.2. The van der Waals surface area contributed by atoms with Gasteiger partial charge in [0.25, 0.3) is 5.91 Å². The SMILES string of the molecule is CC(C)CN(C)C(=O)c1cccc(S(C)(=O)=O)c1. The molecule has 0 heterocycles. The number of hydrogen-bond donors (Lipinski definition) is 0. The Kier molecular flexibility index (Phi) is 4.51. The molecule has 0 aromatic heterocycles. The third-order valence-electron chi connectivity index (χ3n) is 2.49. The van der Waals surface area contributed by atoms with Gasteiger partial charge in [0.05, 0.1) is 4.90 Å². The number of nitrogens with zero attached hydrogens (tertiary/aromatic N) is 1. The van der Waals surface area contributed by atoms with E-state index in [0.717, 1.165) is 6.26 Å². The van der Waals surface area contributed by atoms with E-state index in [4.69, 9.17) is 0 Å². The van der Waals surface area contributed by atoms with Gasteiger partial charge < -0.3 is 4.90 Å². The van der Waals surface area contributed by atoms with Crippen LogP contribution in [0.4, 0.5) is 0 Å². The van der Waals surface area contributed by atoms with E-state index in [1.165, 1.54) is 12.1 Å². The van der Waals surface area contributed by atoms with E-state index in [9.17, 15) is 13.2 Å². The summed E-state index contributed by atoms with van der Waals surface area (Å²) in [6.07, 6.45) is 1.13. The first kappa shape index (κ1) is 14.7. The zero-order chi connectivity index (χ0) is 13.9. The van der Waals surface area contributed by atoms with Crippen LogP contribution in [-0.2, 0) is 9.84 Å². The Morgan fingerprint density at radius 3 is 2.44 bits per heavy atom. The number of rotatable bonds is 4. The Morgan fingerprint density at radius 2 is 1.94 bits per heavy atom. The van der Waals surface area contributed by atoms with E-state index in [0.29, 0.717) is 18.0 Å². The van der Waals surface area contributed by atoms with Gasteiger partial charge in [-0.15, -0.1) is 0 Å². The van der Waals surface area contributed by atoms with Crippen molar-refractivity contribution in [2.24, 2.45) is 5.92 Å². The lowest BCUT2D eigenvalue weighted by Crippen LogP contribution is -2.30. The number of carbonyl (C=O) groups excluding carboxylic acids is 1. The lowest BCUT2D eigenvalue weighted by Gasteiger charge is -2.19. The van der Waals surface area contributed by atoms with Crippen molar-refractivity contribution in [3.8, 4) is 0 Å². The van der Waals surface area contributed by atoms with Gasteiger partial charge in [-0.05, 0) is 24.1 Å². The Labute approximate surface area is 109 Å². The maximum Gasteiger partial charge on any atom is 0.253 e. The van der Waals surface area contributed by atoms with Gasteiger partial charge in [-0.2, -0.15) is 0 Å². The van der Waals surface area contributed by atoms with Crippen LogP contribution in [0.15, 0.2) is 29.2 Å². The molecule has 4 nitrogen and oxygen atoms in total. The van der Waals surface area contributed by atoms with Crippen LogP contribution in [-0.4, -0.2) is 39.1 Å². The number of amides is 1. The fourth-order valence-electron chi connectivity index (χ4n) is 1.71. The van der Waals surface area contributed by atoms with Gasteiger partial charge in [-0.3, -0.25) is 4.79 Å². The van der Waals surface area contributed by atoms with Gasteiger partial charge in [0.15, 0.2) is 9.84 Å². The highest BCUT2D eigenvalue weighted by Crippen LogP contribution is 2.13. The van der Waals surface area contributed by atoms with Crippen LogP contribution in [0.5, 0.6) is 0 Å². The van der Waals surface area contributed by atoms with Crippen molar-refractivity contribution < 1.29 is 13.2 Å². The normalized spacial score (nSPS) is 11.6. The summed E-state index contributed by atoms with van der Waals surface area (Å²) in [4.78, 5) is 13.9. The first-order valence-corrected chi connectivity index (χ1v) is 7.66. The lowest BCUT2D eigenvalue weighted by molar-refractivity contribution is 0.0779. The Balaban J connectivity index is 3.01. The fraction of sp³-hybridized carbons (Fsp3) is 0.462. The molecule has 1 aromatic rings. The smallest absolute Gasteiger partial charge is 0.253 e. The molecule has 0 aliphatic rings. The third-order valence-corrected chi connectivity index (χ3v) is 3.61. The molecule has 18 heavy (non-hydrogen) atoms. The molecule has 0 bridgehead atoms. The lowest BCUT2D eigenvalue weighted by atomic mass is 10.1. The Morgan fingerprint density at radius 1 is 1.33 bits per heavy atom. The summed E-state index contributed by atoms with van der Waals surface area (Å²) in [5.74, 6) is 0.214. The minimum atomic E-state index is -3.28. The predicted octanol–water partition coefficient (Wildman–Crippen LogP) is 1.82. The molecule has 0 N–H and O–H groups in total. The second-order valence-corrected chi connectivity index (χ2v) is 6.90. The van der Waals surface area contributed by atoms with Crippen LogP contribution in [0.25, 0.3) is 0 Å². The zero-order valence-electron chi connectivity index (χ0n) is 11.2. The molecule has 5 heteroatoms. The molecule has 0 saturated carbocycles. The van der Waals surface area contributed by atoms with Crippen LogP contribution < -0.4 is 0 Å². The molecule has 0 aliphatic carbocycles. The predicted molar refractivity (Wildman–Crippen MR) is 71.4 cm³/mol. The monoisotopic (exact) mass is 269 g/mol. The quantitative estimate of drug-likeness (QED) is 0.837. The second-order valence-electron chi connectivity index (χ2n) is 4.88. The van der Waals surface area contributed by atoms with Crippen molar-refractivity contribution >= 4 is 15.7 Å². The van der Waals surface area contributed by atoms with Crippen molar-refractivity contribution in [2.45, 2.75) is 18.7 Å². The molecule has 0 spiro atoms. The Hall–Kier alpha value is -1.36. The molecule has 0 atom stereocenters. The van der Waals surface area contributed by atoms with Crippen LogP contribution in [0.1, 0.15) is 24.2 Å². The fourth-order valence-corrected chi connectivity index (χ4v) is 2.38. The van der Waals surface area contributed by atoms with Gasteiger partial charge in [-0.25, -0.2) is 8.42 Å². The van der Waals surface area contributed by atoms with Crippen molar-refractivity contribution in [3.05, 3.63) is 29.8 Å². The standard InChI is InChI=1S/C13H19NO3S/c1-10(2)9-14(3)13(15)11-6-5-7-12(8-11)18(4,16)17/h5-8,10H,9H2,1-4H3. The number of hydrogen-bond acceptors (Lipinski definition) is 3. The molecule has 0 fully saturated rings. The summed E-state index contributed by atoms with van der Waals surface area (Å²) < 4.78 is 22.9. The van der Waals surface area contributed by atoms with Crippen LogP contribution in [0.3, 0.4) is 0 Å². The van der Waals surface area contributed by atoms with Gasteiger partial charge in [0.1, 0.15) is 0 Å². The summed E-state index contributed by atoms with van der Waals surface area (Å²) in [6.45, 7) is 4.69. The average Bonchev–Trinajstić information content (AvgIpc) is 2.26. The topological polar surface area (TPSA) is 54.5 Å². The molecular weight excluding hydrogens is 250 g/mol. The van der Waals surface area contributed by atoms with Gasteiger partial charge >= 0.3 is 0 Å². The van der Waals surface area contributed by atoms with E-state index in [2.05, 4.69) is 0 Å². The summed E-state index contributed by atoms with van der Waals surface area (Å²) >= 11 is 0. The van der Waals surface area contributed by atoms with Gasteiger partial charge in [0.2, 0.25) is 0 Å². The molecule has 0 unspecified atom stereocenters.